The van der Waals surface area contributed by atoms with Gasteiger partial charge in [-0.05, 0) is 273 Å². The zero-order valence-corrected chi connectivity index (χ0v) is 63.8. The standard InChI is InChI=1S/2C20H30O3.2C17H28O3.2Ac/c2*1-20(22-7-2-8-23-20)6-5-17(21)15-10-14-11-16(15)19-13-4-3-12(9-13)18(14)19;2*18-16(7-8-17-19-9-2-10-20-17)4-1-3-14-11-13-5-6-15(14)12-13;;/h2*3-4,12-19,21H,2,5-11H2,1H3;2*5-6,13-18H,1-4,7-12H2;;. The third-order valence-electron chi connectivity index (χ3n) is 25.9. The second-order valence-corrected chi connectivity index (χ2v) is 31.4. The Kier molecular flexibility index (Phi) is 26.4. The van der Waals surface area contributed by atoms with Crippen LogP contribution in [0, 0.1) is 206 Å². The summed E-state index contributed by atoms with van der Waals surface area (Å²) in [6, 6.07) is 0. The van der Waals surface area contributed by atoms with E-state index in [0.29, 0.717) is 11.8 Å². The van der Waals surface area contributed by atoms with Crippen LogP contribution in [0.15, 0.2) is 48.6 Å². The third kappa shape index (κ3) is 17.1. The van der Waals surface area contributed by atoms with Gasteiger partial charge in [-0.3, -0.25) is 0 Å². The van der Waals surface area contributed by atoms with Crippen molar-refractivity contribution in [1.82, 2.24) is 0 Å². The molecule has 88 heavy (non-hydrogen) atoms. The van der Waals surface area contributed by atoms with E-state index in [4.69, 9.17) is 37.9 Å². The van der Waals surface area contributed by atoms with Gasteiger partial charge < -0.3 is 58.3 Å². The SMILES string of the molecule is CC1(CCC(O)C2CC3CC2C2C4C=CC(C4)C32)OCCCO1.CC1(CCC(O)C2CC3CC2C2C4C=CC(C4)C32)OCCCO1.OC(CCCC1CC2C=CC1C2)CCC1OCCCO1.OC(CCCC1CC2C=CC1C2)CCC1OCCCO1.[Ac].[Ac]. The third-order valence-corrected chi connectivity index (χ3v) is 25.9. The molecule has 4 heterocycles. The van der Waals surface area contributed by atoms with Crippen molar-refractivity contribution in [2.24, 2.45) is 118 Å². The van der Waals surface area contributed by atoms with Crippen LogP contribution in [0.1, 0.15) is 194 Å². The molecule has 8 saturated carbocycles. The van der Waals surface area contributed by atoms with Crippen LogP contribution >= 0.6 is 0 Å². The van der Waals surface area contributed by atoms with Crippen molar-refractivity contribution in [3.8, 4) is 0 Å². The van der Waals surface area contributed by atoms with Gasteiger partial charge in [0.15, 0.2) is 24.2 Å². The summed E-state index contributed by atoms with van der Waals surface area (Å²) in [4.78, 5) is 0. The minimum absolute atomic E-state index is 0. The molecule has 4 saturated heterocycles. The van der Waals surface area contributed by atoms with E-state index in [1.807, 2.05) is 13.8 Å². The van der Waals surface area contributed by atoms with Gasteiger partial charge in [0.1, 0.15) is 0 Å². The molecular formula is C74H116Ac2O12. The zero-order chi connectivity index (χ0) is 58.8. The van der Waals surface area contributed by atoms with Crippen LogP contribution in [-0.4, -0.2) is 122 Å². The largest absolute Gasteiger partial charge is 0.393 e. The first-order valence-corrected chi connectivity index (χ1v) is 36.4. The first-order valence-electron chi connectivity index (χ1n) is 36.4. The van der Waals surface area contributed by atoms with Crippen LogP contribution in [0.2, 0.25) is 0 Å². The van der Waals surface area contributed by atoms with Crippen molar-refractivity contribution < 1.29 is 146 Å². The van der Waals surface area contributed by atoms with Crippen molar-refractivity contribution in [2.75, 3.05) is 52.9 Å². The fourth-order valence-corrected chi connectivity index (χ4v) is 21.9. The van der Waals surface area contributed by atoms with Crippen LogP contribution in [0.25, 0.3) is 0 Å². The summed E-state index contributed by atoms with van der Waals surface area (Å²) in [5.41, 5.74) is 0. The first kappa shape index (κ1) is 70.7. The molecule has 14 heteroatoms. The van der Waals surface area contributed by atoms with E-state index in [0.717, 1.165) is 262 Å². The second kappa shape index (κ2) is 32.8. The Hall–Kier alpha value is 1.36. The monoisotopic (exact) mass is 1650 g/mol. The molecule has 0 aromatic carbocycles. The molecule has 4 N–H and O–H groups in total. The maximum absolute atomic E-state index is 10.9. The molecule has 12 fully saturated rings. The summed E-state index contributed by atoms with van der Waals surface area (Å²) in [5, 5.41) is 41.9. The van der Waals surface area contributed by atoms with Gasteiger partial charge in [0.05, 0.1) is 77.3 Å². The molecule has 0 aromatic heterocycles. The molecule has 2 radical (unpaired) electrons. The topological polar surface area (TPSA) is 155 Å². The number of aliphatic hydroxyl groups excluding tert-OH is 4. The number of hydrogen-bond acceptors (Lipinski definition) is 12. The maximum Gasteiger partial charge on any atom is 0.165 e. The summed E-state index contributed by atoms with van der Waals surface area (Å²) < 4.78 is 45.3. The van der Waals surface area contributed by atoms with Crippen molar-refractivity contribution in [3.05, 3.63) is 48.6 Å². The van der Waals surface area contributed by atoms with Crippen molar-refractivity contribution in [2.45, 2.75) is 242 Å². The number of allylic oxidation sites excluding steroid dienone is 8. The number of hydrogen-bond donors (Lipinski definition) is 4. The Morgan fingerprint density at radius 2 is 0.739 bits per heavy atom. The van der Waals surface area contributed by atoms with E-state index in [2.05, 4.69) is 48.6 Å². The smallest absolute Gasteiger partial charge is 0.165 e. The molecule has 0 spiro atoms. The number of ether oxygens (including phenoxy) is 8. The summed E-state index contributed by atoms with van der Waals surface area (Å²) in [6.45, 7) is 10.5. The molecule has 490 valence electrons. The van der Waals surface area contributed by atoms with Crippen LogP contribution in [-0.2, 0) is 37.9 Å². The van der Waals surface area contributed by atoms with E-state index in [9.17, 15) is 20.4 Å². The van der Waals surface area contributed by atoms with Crippen LogP contribution in [0.5, 0.6) is 0 Å². The summed E-state index contributed by atoms with van der Waals surface area (Å²) in [7, 11) is 0. The van der Waals surface area contributed by atoms with E-state index in [-0.39, 0.29) is 125 Å². The van der Waals surface area contributed by atoms with E-state index >= 15 is 0 Å². The van der Waals surface area contributed by atoms with Gasteiger partial charge in [0.2, 0.25) is 0 Å². The van der Waals surface area contributed by atoms with E-state index in [1.165, 1.54) is 77.0 Å². The average Bonchev–Trinajstić information content (AvgIpc) is 1.58. The fraction of sp³-hybridized carbons (Fsp3) is 0.892. The normalized spacial score (nSPS) is 42.2. The molecule has 24 unspecified atom stereocenters. The van der Waals surface area contributed by atoms with Gasteiger partial charge in [-0.1, -0.05) is 61.4 Å². The van der Waals surface area contributed by atoms with Crippen LogP contribution < -0.4 is 0 Å². The van der Waals surface area contributed by atoms with Gasteiger partial charge >= 0.3 is 0 Å². The Balaban J connectivity index is 0.000000121. The van der Waals surface area contributed by atoms with Gasteiger partial charge in [0, 0.05) is 114 Å². The van der Waals surface area contributed by atoms with Crippen molar-refractivity contribution >= 4 is 0 Å². The number of aliphatic hydroxyl groups is 4. The zero-order valence-electron chi connectivity index (χ0n) is 54.3. The number of rotatable bonds is 22. The fourth-order valence-electron chi connectivity index (χ4n) is 21.9. The quantitative estimate of drug-likeness (QED) is 0.0602. The molecule has 0 aromatic rings. The number of fused-ring (bicyclic) bond motifs is 22. The summed E-state index contributed by atoms with van der Waals surface area (Å²) in [5.74, 6) is 15.8. The second-order valence-electron chi connectivity index (χ2n) is 31.4. The van der Waals surface area contributed by atoms with Gasteiger partial charge in [0.25, 0.3) is 0 Å². The predicted octanol–water partition coefficient (Wildman–Crippen LogP) is 13.3. The maximum atomic E-state index is 10.9. The Labute approximate surface area is 602 Å². The molecular weight excluding hydrogens is 1530 g/mol. The molecule has 16 rings (SSSR count). The van der Waals surface area contributed by atoms with E-state index < -0.39 is 11.6 Å². The minimum atomic E-state index is -0.464. The van der Waals surface area contributed by atoms with Crippen LogP contribution in [0.4, 0.5) is 0 Å². The van der Waals surface area contributed by atoms with E-state index in [1.54, 1.807) is 0 Å². The molecule has 12 aliphatic carbocycles. The molecule has 4 aliphatic heterocycles. The molecule has 0 amide bonds. The van der Waals surface area contributed by atoms with Gasteiger partial charge in [-0.15, -0.1) is 0 Å². The molecule has 12 bridgehead atoms. The Morgan fingerprint density at radius 1 is 0.375 bits per heavy atom. The first-order chi connectivity index (χ1) is 41.9. The molecule has 24 atom stereocenters. The predicted molar refractivity (Wildman–Crippen MR) is 332 cm³/mol. The average molecular weight is 1650 g/mol. The molecule has 12 nitrogen and oxygen atoms in total. The minimum Gasteiger partial charge on any atom is -0.393 e. The Morgan fingerprint density at radius 3 is 1.10 bits per heavy atom. The Bertz CT molecular complexity index is 2100. The van der Waals surface area contributed by atoms with Crippen molar-refractivity contribution in [3.63, 3.8) is 0 Å². The summed E-state index contributed by atoms with van der Waals surface area (Å²) >= 11 is 0. The van der Waals surface area contributed by atoms with Crippen LogP contribution in [0.3, 0.4) is 0 Å². The summed E-state index contributed by atoms with van der Waals surface area (Å²) in [6.07, 6.45) is 49.8. The van der Waals surface area contributed by atoms with Gasteiger partial charge in [-0.2, -0.15) is 0 Å². The molecule has 16 aliphatic rings. The van der Waals surface area contributed by atoms with Gasteiger partial charge in [-0.25, -0.2) is 0 Å². The van der Waals surface area contributed by atoms with Crippen molar-refractivity contribution in [1.29, 1.82) is 0 Å².